The average Bonchev–Trinajstić information content (AvgIpc) is 2.67. The summed E-state index contributed by atoms with van der Waals surface area (Å²) in [7, 11) is 0. The third kappa shape index (κ3) is 3.08. The lowest BCUT2D eigenvalue weighted by Gasteiger charge is -2.17. The van der Waals surface area contributed by atoms with Crippen molar-refractivity contribution in [1.29, 1.82) is 0 Å². The molecule has 14 heavy (non-hydrogen) atoms. The molecule has 1 aromatic heterocycles. The summed E-state index contributed by atoms with van der Waals surface area (Å²) in [6, 6.07) is 1.49. The van der Waals surface area contributed by atoms with Gasteiger partial charge in [0, 0.05) is 11.6 Å². The first kappa shape index (κ1) is 11.1. The predicted molar refractivity (Wildman–Crippen MR) is 47.2 cm³/mol. The molecule has 0 bridgehead atoms. The minimum atomic E-state index is -3.07. The summed E-state index contributed by atoms with van der Waals surface area (Å²) in [5.74, 6) is -3.07. The zero-order chi connectivity index (χ0) is 10.6. The van der Waals surface area contributed by atoms with E-state index in [4.69, 9.17) is 9.52 Å². The number of halogens is 2. The second kappa shape index (κ2) is 4.52. The Labute approximate surface area is 80.7 Å². The van der Waals surface area contributed by atoms with Crippen molar-refractivity contribution in [2.24, 2.45) is 0 Å². The molecule has 0 saturated heterocycles. The van der Waals surface area contributed by atoms with Gasteiger partial charge in [-0.2, -0.15) is 0 Å². The van der Waals surface area contributed by atoms with Crippen LogP contribution < -0.4 is 5.32 Å². The molecule has 0 fully saturated rings. The maximum absolute atomic E-state index is 12.6. The van der Waals surface area contributed by atoms with Crippen LogP contribution in [-0.4, -0.2) is 24.2 Å². The van der Waals surface area contributed by atoms with Gasteiger partial charge in [-0.1, -0.05) is 0 Å². The van der Waals surface area contributed by atoms with Crippen molar-refractivity contribution in [3.63, 3.8) is 0 Å². The van der Waals surface area contributed by atoms with Crippen molar-refractivity contribution in [2.45, 2.75) is 18.9 Å². The first-order chi connectivity index (χ1) is 6.55. The van der Waals surface area contributed by atoms with Crippen molar-refractivity contribution in [1.82, 2.24) is 5.32 Å². The highest BCUT2D eigenvalue weighted by Gasteiger charge is 2.27. The molecule has 0 amide bonds. The highest BCUT2D eigenvalue weighted by atomic mass is 19.3. The number of furan rings is 1. The van der Waals surface area contributed by atoms with Crippen LogP contribution in [0.15, 0.2) is 23.0 Å². The molecule has 80 valence electrons. The van der Waals surface area contributed by atoms with Crippen LogP contribution >= 0.6 is 0 Å². The summed E-state index contributed by atoms with van der Waals surface area (Å²) in [4.78, 5) is 0. The molecule has 5 heteroatoms. The third-order valence-electron chi connectivity index (χ3n) is 1.94. The minimum absolute atomic E-state index is 0.217. The standard InChI is InChI=1S/C9H13F2NO2/c1-7(8-2-3-14-4-8)12-5-9(10,11)6-13/h2-4,7,12-13H,5-6H2,1H3. The first-order valence-corrected chi connectivity index (χ1v) is 4.29. The Hall–Kier alpha value is -0.940. The Morgan fingerprint density at radius 2 is 2.36 bits per heavy atom. The van der Waals surface area contributed by atoms with Crippen LogP contribution in [0.25, 0.3) is 0 Å². The zero-order valence-corrected chi connectivity index (χ0v) is 7.84. The van der Waals surface area contributed by atoms with E-state index in [9.17, 15) is 8.78 Å². The van der Waals surface area contributed by atoms with Gasteiger partial charge < -0.3 is 14.8 Å². The van der Waals surface area contributed by atoms with Crippen molar-refractivity contribution in [3.05, 3.63) is 24.2 Å². The molecule has 1 aromatic rings. The summed E-state index contributed by atoms with van der Waals surface area (Å²) in [6.07, 6.45) is 2.98. The lowest BCUT2D eigenvalue weighted by atomic mass is 10.2. The SMILES string of the molecule is CC(NCC(F)(F)CO)c1ccoc1. The Balaban J connectivity index is 2.39. The maximum Gasteiger partial charge on any atom is 0.282 e. The van der Waals surface area contributed by atoms with Gasteiger partial charge in [0.25, 0.3) is 5.92 Å². The Morgan fingerprint density at radius 3 is 2.86 bits per heavy atom. The summed E-state index contributed by atoms with van der Waals surface area (Å²) in [5, 5.41) is 10.9. The van der Waals surface area contributed by atoms with Gasteiger partial charge in [-0.25, -0.2) is 8.78 Å². The van der Waals surface area contributed by atoms with Crippen LogP contribution in [0.3, 0.4) is 0 Å². The van der Waals surface area contributed by atoms with Crippen molar-refractivity contribution in [2.75, 3.05) is 13.2 Å². The number of hydrogen-bond donors (Lipinski definition) is 2. The Kier molecular flexibility index (Phi) is 3.60. The monoisotopic (exact) mass is 205 g/mol. The van der Waals surface area contributed by atoms with Gasteiger partial charge >= 0.3 is 0 Å². The predicted octanol–water partition coefficient (Wildman–Crippen LogP) is 1.56. The molecule has 1 atom stereocenters. The Bertz CT molecular complexity index is 262. The van der Waals surface area contributed by atoms with Gasteiger partial charge in [-0.15, -0.1) is 0 Å². The number of alkyl halides is 2. The van der Waals surface area contributed by atoms with E-state index in [-0.39, 0.29) is 6.04 Å². The Morgan fingerprint density at radius 1 is 1.64 bits per heavy atom. The quantitative estimate of drug-likeness (QED) is 0.766. The molecule has 0 saturated carbocycles. The second-order valence-electron chi connectivity index (χ2n) is 3.17. The molecule has 0 spiro atoms. The molecule has 0 aromatic carbocycles. The molecule has 1 rings (SSSR count). The highest BCUT2D eigenvalue weighted by molar-refractivity contribution is 5.10. The number of nitrogens with one attached hydrogen (secondary N) is 1. The van der Waals surface area contributed by atoms with E-state index < -0.39 is 19.1 Å². The molecular weight excluding hydrogens is 192 g/mol. The maximum atomic E-state index is 12.6. The number of hydrogen-bond acceptors (Lipinski definition) is 3. The van der Waals surface area contributed by atoms with E-state index in [1.54, 1.807) is 13.0 Å². The largest absolute Gasteiger partial charge is 0.472 e. The van der Waals surface area contributed by atoms with Crippen LogP contribution in [0, 0.1) is 0 Å². The number of rotatable bonds is 5. The number of aliphatic hydroxyl groups excluding tert-OH is 1. The van der Waals surface area contributed by atoms with Crippen molar-refractivity contribution >= 4 is 0 Å². The third-order valence-corrected chi connectivity index (χ3v) is 1.94. The molecule has 0 aliphatic rings. The fourth-order valence-electron chi connectivity index (χ4n) is 0.998. The first-order valence-electron chi connectivity index (χ1n) is 4.29. The molecule has 1 unspecified atom stereocenters. The van der Waals surface area contributed by atoms with Gasteiger partial charge in [0.15, 0.2) is 0 Å². The fraction of sp³-hybridized carbons (Fsp3) is 0.556. The van der Waals surface area contributed by atoms with Crippen LogP contribution in [-0.2, 0) is 0 Å². The summed E-state index contributed by atoms with van der Waals surface area (Å²) in [6.45, 7) is 0.0618. The highest BCUT2D eigenvalue weighted by Crippen LogP contribution is 2.15. The smallest absolute Gasteiger partial charge is 0.282 e. The summed E-state index contributed by atoms with van der Waals surface area (Å²) in [5.41, 5.74) is 0.804. The molecule has 1 heterocycles. The van der Waals surface area contributed by atoms with Crippen LogP contribution in [0.5, 0.6) is 0 Å². The van der Waals surface area contributed by atoms with Gasteiger partial charge in [0.05, 0.1) is 19.1 Å². The van der Waals surface area contributed by atoms with E-state index in [0.29, 0.717) is 0 Å². The summed E-state index contributed by atoms with van der Waals surface area (Å²) < 4.78 is 30.1. The topological polar surface area (TPSA) is 45.4 Å². The molecule has 0 aliphatic heterocycles. The van der Waals surface area contributed by atoms with E-state index in [0.717, 1.165) is 5.56 Å². The lowest BCUT2D eigenvalue weighted by molar-refractivity contribution is -0.0490. The summed E-state index contributed by atoms with van der Waals surface area (Å²) >= 11 is 0. The van der Waals surface area contributed by atoms with Gasteiger partial charge in [-0.3, -0.25) is 0 Å². The van der Waals surface area contributed by atoms with Crippen molar-refractivity contribution < 1.29 is 18.3 Å². The van der Waals surface area contributed by atoms with Crippen LogP contribution in [0.2, 0.25) is 0 Å². The fourth-order valence-corrected chi connectivity index (χ4v) is 0.998. The van der Waals surface area contributed by atoms with E-state index in [1.165, 1.54) is 12.5 Å². The van der Waals surface area contributed by atoms with Gasteiger partial charge in [0.2, 0.25) is 0 Å². The van der Waals surface area contributed by atoms with E-state index >= 15 is 0 Å². The van der Waals surface area contributed by atoms with Gasteiger partial charge in [-0.05, 0) is 13.0 Å². The minimum Gasteiger partial charge on any atom is -0.472 e. The van der Waals surface area contributed by atoms with Gasteiger partial charge in [0.1, 0.15) is 6.61 Å². The lowest BCUT2D eigenvalue weighted by Crippen LogP contribution is -2.36. The molecule has 0 aliphatic carbocycles. The van der Waals surface area contributed by atoms with Crippen molar-refractivity contribution in [3.8, 4) is 0 Å². The molecule has 0 radical (unpaired) electrons. The van der Waals surface area contributed by atoms with Crippen LogP contribution in [0.1, 0.15) is 18.5 Å². The number of aliphatic hydroxyl groups is 1. The van der Waals surface area contributed by atoms with Crippen LogP contribution in [0.4, 0.5) is 8.78 Å². The average molecular weight is 205 g/mol. The zero-order valence-electron chi connectivity index (χ0n) is 7.84. The van der Waals surface area contributed by atoms with E-state index in [1.807, 2.05) is 0 Å². The van der Waals surface area contributed by atoms with E-state index in [2.05, 4.69) is 5.32 Å². The molecular formula is C9H13F2NO2. The molecule has 2 N–H and O–H groups in total. The second-order valence-corrected chi connectivity index (χ2v) is 3.17. The molecule has 3 nitrogen and oxygen atoms in total. The normalized spacial score (nSPS) is 14.3.